The van der Waals surface area contributed by atoms with Crippen LogP contribution >= 0.6 is 0 Å². The average molecular weight is 172 g/mol. The normalized spacial score (nSPS) is 13.6. The third-order valence-corrected chi connectivity index (χ3v) is 3.85. The molecule has 0 amide bonds. The Morgan fingerprint density at radius 2 is 1.11 bits per heavy atom. The predicted octanol–water partition coefficient (Wildman–Crippen LogP) is -0.967. The Morgan fingerprint density at radius 3 is 1.11 bits per heavy atom. The van der Waals surface area contributed by atoms with Gasteiger partial charge in [-0.2, -0.15) is 0 Å². The average Bonchev–Trinajstić information content (AvgIpc) is 1.14. The SMILES string of the molecule is CS(=O)(=O)CS(C)(=O)=O. The van der Waals surface area contributed by atoms with Crippen molar-refractivity contribution in [3.63, 3.8) is 0 Å². The summed E-state index contributed by atoms with van der Waals surface area (Å²) in [4.78, 5) is 0. The van der Waals surface area contributed by atoms with E-state index in [4.69, 9.17) is 0 Å². The van der Waals surface area contributed by atoms with E-state index in [9.17, 15) is 16.8 Å². The molecule has 0 N–H and O–H groups in total. The highest BCUT2D eigenvalue weighted by Gasteiger charge is 2.11. The number of sulfone groups is 2. The van der Waals surface area contributed by atoms with Crippen LogP contribution in [0.4, 0.5) is 0 Å². The Morgan fingerprint density at radius 1 is 0.889 bits per heavy atom. The molecule has 0 aromatic rings. The van der Waals surface area contributed by atoms with E-state index in [0.29, 0.717) is 0 Å². The second-order valence-corrected chi connectivity index (χ2v) is 6.62. The standard InChI is InChI=1S/C3H8O4S2/c1-8(4,5)3-9(2,6)7/h3H2,1-2H3. The van der Waals surface area contributed by atoms with Gasteiger partial charge in [-0.1, -0.05) is 0 Å². The zero-order valence-electron chi connectivity index (χ0n) is 5.16. The first-order valence-electron chi connectivity index (χ1n) is 2.06. The second kappa shape index (κ2) is 2.26. The van der Waals surface area contributed by atoms with Crippen molar-refractivity contribution >= 4 is 19.7 Å². The molecule has 0 fully saturated rings. The summed E-state index contributed by atoms with van der Waals surface area (Å²) in [6, 6.07) is 0. The molecule has 0 spiro atoms. The smallest absolute Gasteiger partial charge is 0.161 e. The van der Waals surface area contributed by atoms with Crippen LogP contribution in [0.5, 0.6) is 0 Å². The first kappa shape index (κ1) is 8.90. The summed E-state index contributed by atoms with van der Waals surface area (Å²) >= 11 is 0. The van der Waals surface area contributed by atoms with Gasteiger partial charge in [-0.25, -0.2) is 16.8 Å². The molecule has 0 aromatic carbocycles. The molecule has 0 aliphatic heterocycles. The molecular weight excluding hydrogens is 164 g/mol. The van der Waals surface area contributed by atoms with Gasteiger partial charge >= 0.3 is 0 Å². The van der Waals surface area contributed by atoms with Crippen LogP contribution in [0.15, 0.2) is 0 Å². The van der Waals surface area contributed by atoms with E-state index < -0.39 is 24.8 Å². The van der Waals surface area contributed by atoms with Crippen LogP contribution in [0.3, 0.4) is 0 Å². The van der Waals surface area contributed by atoms with E-state index in [-0.39, 0.29) is 0 Å². The van der Waals surface area contributed by atoms with Crippen molar-refractivity contribution < 1.29 is 16.8 Å². The van der Waals surface area contributed by atoms with Crippen molar-refractivity contribution in [2.45, 2.75) is 0 Å². The van der Waals surface area contributed by atoms with Gasteiger partial charge in [0.2, 0.25) is 0 Å². The van der Waals surface area contributed by atoms with Gasteiger partial charge in [0.1, 0.15) is 0 Å². The van der Waals surface area contributed by atoms with Crippen LogP contribution in [-0.2, 0) is 19.7 Å². The summed E-state index contributed by atoms with van der Waals surface area (Å²) < 4.78 is 41.1. The van der Waals surface area contributed by atoms with Gasteiger partial charge in [0.25, 0.3) is 0 Å². The molecule has 0 unspecified atom stereocenters. The van der Waals surface area contributed by atoms with Crippen LogP contribution in [0.1, 0.15) is 0 Å². The second-order valence-electron chi connectivity index (χ2n) is 1.97. The number of rotatable bonds is 2. The molecule has 6 heteroatoms. The van der Waals surface area contributed by atoms with Gasteiger partial charge in [0.15, 0.2) is 24.8 Å². The summed E-state index contributed by atoms with van der Waals surface area (Å²) in [5.74, 6) is 0. The molecule has 56 valence electrons. The maximum atomic E-state index is 10.3. The summed E-state index contributed by atoms with van der Waals surface area (Å²) in [5, 5.41) is -0.764. The maximum absolute atomic E-state index is 10.3. The minimum Gasteiger partial charge on any atom is -0.228 e. The van der Waals surface area contributed by atoms with Gasteiger partial charge in [-0.3, -0.25) is 0 Å². The lowest BCUT2D eigenvalue weighted by Gasteiger charge is -1.91. The summed E-state index contributed by atoms with van der Waals surface area (Å²) in [6.07, 6.45) is 1.77. The molecule has 0 aliphatic rings. The van der Waals surface area contributed by atoms with Crippen molar-refractivity contribution in [1.82, 2.24) is 0 Å². The Balaban J connectivity index is 4.46. The molecule has 0 heterocycles. The fourth-order valence-corrected chi connectivity index (χ4v) is 3.50. The molecular formula is C3H8O4S2. The Kier molecular flexibility index (Phi) is 2.24. The molecule has 0 bridgehead atoms. The zero-order valence-corrected chi connectivity index (χ0v) is 6.79. The fourth-order valence-electron chi connectivity index (χ4n) is 0.389. The van der Waals surface area contributed by atoms with E-state index in [1.807, 2.05) is 0 Å². The zero-order chi connectivity index (χ0) is 7.71. The summed E-state index contributed by atoms with van der Waals surface area (Å²) in [7, 11) is -6.74. The highest BCUT2D eigenvalue weighted by molar-refractivity contribution is 8.07. The van der Waals surface area contributed by atoms with Crippen LogP contribution in [0.2, 0.25) is 0 Å². The topological polar surface area (TPSA) is 68.3 Å². The minimum absolute atomic E-state index is 0.764. The minimum atomic E-state index is -3.37. The lowest BCUT2D eigenvalue weighted by molar-refractivity contribution is 0.595. The van der Waals surface area contributed by atoms with E-state index in [0.717, 1.165) is 12.5 Å². The van der Waals surface area contributed by atoms with Crippen molar-refractivity contribution in [3.8, 4) is 0 Å². The third-order valence-electron chi connectivity index (χ3n) is 0.428. The molecule has 0 aliphatic carbocycles. The molecule has 0 atom stereocenters. The Labute approximate surface area is 54.7 Å². The quantitative estimate of drug-likeness (QED) is 0.537. The van der Waals surface area contributed by atoms with Crippen LogP contribution in [-0.4, -0.2) is 34.4 Å². The van der Waals surface area contributed by atoms with Gasteiger partial charge < -0.3 is 0 Å². The molecule has 9 heavy (non-hydrogen) atoms. The Hall–Kier alpha value is -0.100. The molecule has 0 aromatic heterocycles. The maximum Gasteiger partial charge on any atom is 0.161 e. The summed E-state index contributed by atoms with van der Waals surface area (Å²) in [5.41, 5.74) is 0. The molecule has 0 rings (SSSR count). The molecule has 0 saturated carbocycles. The van der Waals surface area contributed by atoms with Crippen molar-refractivity contribution in [2.75, 3.05) is 17.6 Å². The van der Waals surface area contributed by atoms with Crippen molar-refractivity contribution in [1.29, 1.82) is 0 Å². The monoisotopic (exact) mass is 172 g/mol. The highest BCUT2D eigenvalue weighted by Crippen LogP contribution is 1.89. The number of hydrogen-bond donors (Lipinski definition) is 0. The van der Waals surface area contributed by atoms with E-state index >= 15 is 0 Å². The van der Waals surface area contributed by atoms with Gasteiger partial charge in [-0.05, 0) is 0 Å². The molecule has 0 radical (unpaired) electrons. The number of hydrogen-bond acceptors (Lipinski definition) is 4. The molecule has 0 saturated heterocycles. The van der Waals surface area contributed by atoms with E-state index in [2.05, 4.69) is 0 Å². The lowest BCUT2D eigenvalue weighted by atomic mass is 11.9. The van der Waals surface area contributed by atoms with Gasteiger partial charge in [0.05, 0.1) is 0 Å². The van der Waals surface area contributed by atoms with Gasteiger partial charge in [-0.15, -0.1) is 0 Å². The largest absolute Gasteiger partial charge is 0.228 e. The van der Waals surface area contributed by atoms with E-state index in [1.54, 1.807) is 0 Å². The Bertz CT molecular complexity index is 239. The summed E-state index contributed by atoms with van der Waals surface area (Å²) in [6.45, 7) is 0. The molecule has 4 nitrogen and oxygen atoms in total. The van der Waals surface area contributed by atoms with Crippen LogP contribution < -0.4 is 0 Å². The third kappa shape index (κ3) is 7.90. The lowest BCUT2D eigenvalue weighted by Crippen LogP contribution is -2.12. The predicted molar refractivity (Wildman–Crippen MR) is 34.6 cm³/mol. The first-order valence-corrected chi connectivity index (χ1v) is 6.18. The van der Waals surface area contributed by atoms with Crippen molar-refractivity contribution in [3.05, 3.63) is 0 Å². The van der Waals surface area contributed by atoms with Gasteiger partial charge in [0, 0.05) is 12.5 Å². The first-order chi connectivity index (χ1) is 3.71. The van der Waals surface area contributed by atoms with Crippen LogP contribution in [0, 0.1) is 0 Å². The van der Waals surface area contributed by atoms with Crippen molar-refractivity contribution in [2.24, 2.45) is 0 Å². The highest BCUT2D eigenvalue weighted by atomic mass is 32.3. The fraction of sp³-hybridized carbons (Fsp3) is 1.00. The van der Waals surface area contributed by atoms with Crippen LogP contribution in [0.25, 0.3) is 0 Å². The van der Waals surface area contributed by atoms with E-state index in [1.165, 1.54) is 0 Å².